The molecule has 0 atom stereocenters. The molecule has 4 rings (SSSR count). The van der Waals surface area contributed by atoms with Crippen LogP contribution in [0.4, 0.5) is 5.69 Å². The lowest BCUT2D eigenvalue weighted by Crippen LogP contribution is -2.21. The van der Waals surface area contributed by atoms with Crippen molar-refractivity contribution < 1.29 is 0 Å². The van der Waals surface area contributed by atoms with Gasteiger partial charge in [0.05, 0.1) is 23.6 Å². The van der Waals surface area contributed by atoms with Gasteiger partial charge in [0, 0.05) is 23.7 Å². The highest BCUT2D eigenvalue weighted by molar-refractivity contribution is 6.09. The average molecular weight is 434 g/mol. The molecule has 1 aromatic heterocycles. The fourth-order valence-electron chi connectivity index (χ4n) is 3.51. The molecule has 0 saturated carbocycles. The van der Waals surface area contributed by atoms with Crippen molar-refractivity contribution >= 4 is 22.9 Å². The van der Waals surface area contributed by atoms with E-state index < -0.39 is 0 Å². The van der Waals surface area contributed by atoms with Gasteiger partial charge >= 0.3 is 0 Å². The van der Waals surface area contributed by atoms with Gasteiger partial charge < -0.3 is 5.32 Å². The lowest BCUT2D eigenvalue weighted by molar-refractivity contribution is 0.367. The van der Waals surface area contributed by atoms with Crippen LogP contribution in [-0.4, -0.2) is 21.5 Å². The van der Waals surface area contributed by atoms with Gasteiger partial charge in [0.2, 0.25) is 0 Å². The number of aromatic nitrogens is 1. The Hall–Kier alpha value is -4.25. The molecule has 0 radical (unpaired) electrons. The Kier molecular flexibility index (Phi) is 6.60. The third-order valence-electron chi connectivity index (χ3n) is 5.29. The van der Waals surface area contributed by atoms with E-state index in [9.17, 15) is 0 Å². The Bertz CT molecular complexity index is 1270. The molecule has 2 heterocycles. The minimum atomic E-state index is 0.602. The summed E-state index contributed by atoms with van der Waals surface area (Å²) in [7, 11) is 0. The summed E-state index contributed by atoms with van der Waals surface area (Å²) in [6, 6.07) is 20.2. The Labute approximate surface area is 195 Å². The molecule has 1 N–H and O–H groups in total. The van der Waals surface area contributed by atoms with Crippen LogP contribution >= 0.6 is 0 Å². The van der Waals surface area contributed by atoms with E-state index in [1.54, 1.807) is 6.20 Å². The van der Waals surface area contributed by atoms with Crippen molar-refractivity contribution in [3.63, 3.8) is 0 Å². The first-order valence-electron chi connectivity index (χ1n) is 10.8. The summed E-state index contributed by atoms with van der Waals surface area (Å²) in [5.41, 5.74) is 7.66. The highest BCUT2D eigenvalue weighted by atomic mass is 15.5. The van der Waals surface area contributed by atoms with Crippen LogP contribution < -0.4 is 5.32 Å². The fourth-order valence-corrected chi connectivity index (χ4v) is 3.51. The van der Waals surface area contributed by atoms with Gasteiger partial charge in [-0.1, -0.05) is 49.6 Å². The first kappa shape index (κ1) is 22.0. The summed E-state index contributed by atoms with van der Waals surface area (Å²) in [6.07, 6.45) is 7.51. The number of hydrogen-bond acceptors (Lipinski definition) is 4. The second-order valence-corrected chi connectivity index (χ2v) is 7.90. The smallest absolute Gasteiger partial charge is 0.103 e. The summed E-state index contributed by atoms with van der Waals surface area (Å²) in [4.78, 5) is 8.87. The maximum absolute atomic E-state index is 4.77. The van der Waals surface area contributed by atoms with Crippen LogP contribution in [0.15, 0.2) is 114 Å². The van der Waals surface area contributed by atoms with Crippen LogP contribution in [0.3, 0.4) is 0 Å². The quantitative estimate of drug-likeness (QED) is 0.384. The molecule has 0 fully saturated rings. The number of nitrogens with zero attached hydrogens (tertiary/aromatic N) is 4. The largest absolute Gasteiger partial charge is 0.344 e. The summed E-state index contributed by atoms with van der Waals surface area (Å²) in [6.45, 7) is 12.9. The molecule has 0 saturated heterocycles. The number of hydrogen-bond donors (Lipinski definition) is 1. The summed E-state index contributed by atoms with van der Waals surface area (Å²) < 4.78 is 0. The topological polar surface area (TPSA) is 52.9 Å². The maximum Gasteiger partial charge on any atom is 0.103 e. The average Bonchev–Trinajstić information content (AvgIpc) is 2.83. The zero-order chi connectivity index (χ0) is 23.2. The standard InChI is InChI=1S/C28H27N5/c1-20-9-5-6-13-27(20)31-23(4)30-22(3)25-11-7-10-24(17-25)19-33-21(2)14-15-28(32-33)26-12-8-16-29-18-26/h5-18H,2-3,19H2,1,4H3,(H,30,31). The van der Waals surface area contributed by atoms with Gasteiger partial charge in [0.25, 0.3) is 0 Å². The molecule has 0 unspecified atom stereocenters. The van der Waals surface area contributed by atoms with Crippen molar-refractivity contribution in [2.45, 2.75) is 20.4 Å². The van der Waals surface area contributed by atoms with E-state index in [2.05, 4.69) is 53.6 Å². The zero-order valence-electron chi connectivity index (χ0n) is 19.0. The first-order chi connectivity index (χ1) is 16.0. The van der Waals surface area contributed by atoms with Gasteiger partial charge in [-0.25, -0.2) is 4.99 Å². The van der Waals surface area contributed by atoms with E-state index in [0.717, 1.165) is 50.9 Å². The predicted molar refractivity (Wildman–Crippen MR) is 137 cm³/mol. The van der Waals surface area contributed by atoms with Crippen LogP contribution in [-0.2, 0) is 6.54 Å². The minimum Gasteiger partial charge on any atom is -0.344 e. The normalized spacial score (nSPS) is 13.6. The molecule has 0 amide bonds. The number of para-hydroxylation sites is 1. The molecule has 0 aliphatic carbocycles. The maximum atomic E-state index is 4.77. The van der Waals surface area contributed by atoms with Crippen molar-refractivity contribution in [1.29, 1.82) is 0 Å². The van der Waals surface area contributed by atoms with Crippen molar-refractivity contribution in [2.24, 2.45) is 10.1 Å². The van der Waals surface area contributed by atoms with E-state index >= 15 is 0 Å². The molecule has 3 aromatic rings. The van der Waals surface area contributed by atoms with Gasteiger partial charge in [-0.2, -0.15) is 5.10 Å². The van der Waals surface area contributed by atoms with Crippen LogP contribution in [0, 0.1) is 6.92 Å². The number of aliphatic imine (C=N–C) groups is 1. The number of amidine groups is 1. The van der Waals surface area contributed by atoms with Gasteiger partial charge in [-0.15, -0.1) is 0 Å². The Balaban J connectivity index is 1.48. The van der Waals surface area contributed by atoms with Crippen molar-refractivity contribution in [3.05, 3.63) is 126 Å². The third-order valence-corrected chi connectivity index (χ3v) is 5.29. The molecule has 2 aromatic carbocycles. The number of hydrazone groups is 1. The van der Waals surface area contributed by atoms with Crippen LogP contribution in [0.25, 0.3) is 5.70 Å². The Morgan fingerprint density at radius 1 is 1.06 bits per heavy atom. The predicted octanol–water partition coefficient (Wildman–Crippen LogP) is 5.99. The van der Waals surface area contributed by atoms with Gasteiger partial charge in [-0.3, -0.25) is 9.99 Å². The SMILES string of the molecule is C=C(N/C(C)=N/c1ccccc1C)c1cccc(CN2N=C(c3cccnc3)C=CC2=C)c1. The van der Waals surface area contributed by atoms with Crippen LogP contribution in [0.5, 0.6) is 0 Å². The van der Waals surface area contributed by atoms with Gasteiger partial charge in [0.15, 0.2) is 0 Å². The second kappa shape index (κ2) is 9.92. The Morgan fingerprint density at radius 3 is 2.70 bits per heavy atom. The molecular weight excluding hydrogens is 406 g/mol. The van der Waals surface area contributed by atoms with E-state index in [1.165, 1.54) is 0 Å². The lowest BCUT2D eigenvalue weighted by atomic mass is 10.1. The molecule has 164 valence electrons. The number of pyridine rings is 1. The Morgan fingerprint density at radius 2 is 1.91 bits per heavy atom. The second-order valence-electron chi connectivity index (χ2n) is 7.90. The van der Waals surface area contributed by atoms with E-state index in [1.807, 2.05) is 72.7 Å². The van der Waals surface area contributed by atoms with Crippen LogP contribution in [0.1, 0.15) is 29.2 Å². The van der Waals surface area contributed by atoms with Crippen molar-refractivity contribution in [1.82, 2.24) is 15.3 Å². The number of allylic oxidation sites excluding steroid dienone is 2. The minimum absolute atomic E-state index is 0.602. The van der Waals surface area contributed by atoms with E-state index in [-0.39, 0.29) is 0 Å². The number of nitrogens with one attached hydrogen (secondary N) is 1. The van der Waals surface area contributed by atoms with Crippen molar-refractivity contribution in [2.75, 3.05) is 0 Å². The van der Waals surface area contributed by atoms with E-state index in [0.29, 0.717) is 6.54 Å². The molecule has 1 aliphatic rings. The lowest BCUT2D eigenvalue weighted by Gasteiger charge is -2.24. The molecule has 1 aliphatic heterocycles. The summed E-state index contributed by atoms with van der Waals surface area (Å²) in [5.74, 6) is 0.792. The molecule has 0 bridgehead atoms. The number of aryl methyl sites for hydroxylation is 1. The first-order valence-corrected chi connectivity index (χ1v) is 10.8. The monoisotopic (exact) mass is 433 g/mol. The highest BCUT2D eigenvalue weighted by Gasteiger charge is 2.13. The summed E-state index contributed by atoms with van der Waals surface area (Å²) >= 11 is 0. The van der Waals surface area contributed by atoms with E-state index in [4.69, 9.17) is 5.10 Å². The highest BCUT2D eigenvalue weighted by Crippen LogP contribution is 2.21. The summed E-state index contributed by atoms with van der Waals surface area (Å²) in [5, 5.41) is 10.00. The fraction of sp³-hybridized carbons (Fsp3) is 0.107. The van der Waals surface area contributed by atoms with Crippen molar-refractivity contribution in [3.8, 4) is 0 Å². The molecular formula is C28H27N5. The number of benzene rings is 2. The van der Waals surface area contributed by atoms with Crippen LogP contribution in [0.2, 0.25) is 0 Å². The molecule has 5 nitrogen and oxygen atoms in total. The molecule has 33 heavy (non-hydrogen) atoms. The molecule has 0 spiro atoms. The van der Waals surface area contributed by atoms with Gasteiger partial charge in [-0.05, 0) is 67.0 Å². The molecule has 5 heteroatoms. The third kappa shape index (κ3) is 5.52. The number of rotatable bonds is 6. The van der Waals surface area contributed by atoms with Gasteiger partial charge in [0.1, 0.15) is 5.84 Å². The zero-order valence-corrected chi connectivity index (χ0v) is 19.0.